The zero-order valence-electron chi connectivity index (χ0n) is 38.2. The average molecular weight is 835 g/mol. The molecule has 2 aliphatic heterocycles. The second-order valence-electron chi connectivity index (χ2n) is 17.4. The van der Waals surface area contributed by atoms with E-state index in [0.717, 1.165) is 107 Å². The highest BCUT2D eigenvalue weighted by atomic mass is 16.2. The van der Waals surface area contributed by atoms with Crippen LogP contribution in [0.5, 0.6) is 0 Å². The van der Waals surface area contributed by atoms with Crippen LogP contribution in [0.4, 0.5) is 0 Å². The number of aryl methyl sites for hydroxylation is 2. The summed E-state index contributed by atoms with van der Waals surface area (Å²) in [7, 11) is 0. The normalized spacial score (nSPS) is 16.4. The summed E-state index contributed by atoms with van der Waals surface area (Å²) in [5, 5.41) is 11.1. The third kappa shape index (κ3) is 8.55. The van der Waals surface area contributed by atoms with E-state index >= 15 is 0 Å². The zero-order valence-corrected chi connectivity index (χ0v) is 38.2. The second kappa shape index (κ2) is 17.5. The Labute approximate surface area is 371 Å². The summed E-state index contributed by atoms with van der Waals surface area (Å²) in [6, 6.07) is 28.8. The summed E-state index contributed by atoms with van der Waals surface area (Å²) in [5.74, 6) is -0.0163. The number of amides is 2. The molecule has 2 atom stereocenters. The summed E-state index contributed by atoms with van der Waals surface area (Å²) in [4.78, 5) is 44.1. The third-order valence-electron chi connectivity index (χ3n) is 13.3. The predicted molar refractivity (Wildman–Crippen MR) is 261 cm³/mol. The predicted octanol–water partition coefficient (Wildman–Crippen LogP) is 12.1. The lowest BCUT2D eigenvalue weighted by atomic mass is 9.93. The fraction of sp³-hybridized carbons (Fsp3) is 0.273. The number of benzene rings is 4. The monoisotopic (exact) mass is 834 g/mol. The van der Waals surface area contributed by atoms with Gasteiger partial charge in [-0.3, -0.25) is 19.6 Å². The minimum atomic E-state index is -0.123. The highest BCUT2D eigenvalue weighted by Gasteiger charge is 2.26. The number of nitrogens with zero attached hydrogens (tertiary/aromatic N) is 2. The molecule has 0 saturated carbocycles. The first-order valence-electron chi connectivity index (χ1n) is 22.0. The molecule has 63 heavy (non-hydrogen) atoms. The number of aromatic amines is 2. The van der Waals surface area contributed by atoms with Gasteiger partial charge in [-0.2, -0.15) is 0 Å². The van der Waals surface area contributed by atoms with Gasteiger partial charge in [0.05, 0.1) is 36.3 Å². The fourth-order valence-corrected chi connectivity index (χ4v) is 9.53. The molecule has 2 aliphatic rings. The van der Waals surface area contributed by atoms with Crippen LogP contribution >= 0.6 is 0 Å². The fourth-order valence-electron chi connectivity index (χ4n) is 9.53. The van der Waals surface area contributed by atoms with Crippen LogP contribution in [0.1, 0.15) is 116 Å². The maximum Gasteiger partial charge on any atom is 0.224 e. The second-order valence-corrected chi connectivity index (χ2v) is 17.4. The minimum Gasteiger partial charge on any atom is -0.359 e. The molecule has 0 saturated heterocycles. The van der Waals surface area contributed by atoms with Gasteiger partial charge in [-0.15, -0.1) is 0 Å². The molecule has 8 nitrogen and oxygen atoms in total. The highest BCUT2D eigenvalue weighted by Crippen LogP contribution is 2.37. The Morgan fingerprint density at radius 1 is 0.556 bits per heavy atom. The molecule has 4 aromatic carbocycles. The summed E-state index contributed by atoms with van der Waals surface area (Å²) in [6.45, 7) is 20.8. The number of carbonyl (C=O) groups excluding carboxylic acids is 2. The Bertz CT molecular complexity index is 2820. The van der Waals surface area contributed by atoms with Crippen LogP contribution in [0, 0.1) is 27.7 Å². The summed E-state index contributed by atoms with van der Waals surface area (Å²) in [6.07, 6.45) is 5.55. The quantitative estimate of drug-likeness (QED) is 0.0983. The molecule has 0 spiro atoms. The van der Waals surface area contributed by atoms with E-state index in [9.17, 15) is 9.59 Å². The number of allylic oxidation sites excluding steroid dienone is 4. The number of nitrogens with one attached hydrogen (secondary N) is 4. The van der Waals surface area contributed by atoms with Gasteiger partial charge in [0, 0.05) is 40.6 Å². The molecule has 2 aromatic heterocycles. The number of fused-ring (bicyclic) bond motifs is 2. The van der Waals surface area contributed by atoms with E-state index in [1.807, 2.05) is 64.1 Å². The first-order chi connectivity index (χ1) is 30.2. The van der Waals surface area contributed by atoms with Crippen LogP contribution in [-0.2, 0) is 22.4 Å². The molecule has 8 rings (SSSR count). The number of aromatic nitrogens is 2. The van der Waals surface area contributed by atoms with Crippen molar-refractivity contribution in [2.24, 2.45) is 9.98 Å². The molecule has 0 bridgehead atoms. The molecule has 6 aromatic rings. The van der Waals surface area contributed by atoms with E-state index in [1.165, 1.54) is 21.9 Å². The molecule has 320 valence electrons. The van der Waals surface area contributed by atoms with Gasteiger partial charge in [0.25, 0.3) is 0 Å². The molecule has 0 aliphatic carbocycles. The maximum atomic E-state index is 13.4. The van der Waals surface area contributed by atoms with E-state index in [-0.39, 0.29) is 23.9 Å². The van der Waals surface area contributed by atoms with Gasteiger partial charge in [0.1, 0.15) is 0 Å². The Kier molecular flexibility index (Phi) is 11.9. The van der Waals surface area contributed by atoms with Crippen molar-refractivity contribution < 1.29 is 9.59 Å². The Morgan fingerprint density at radius 2 is 0.937 bits per heavy atom. The standard InChI is InChI=1S/C55H58N6O2/c1-30-46(36(7)56-50(30)28-52-32(3)48(38(9)58-52)26-54(62)60-34(5)42-23-15-19-40-17-11-13-21-44(40)42)25-47-31(2)51(57-37(47)8)29-53-33(4)49(39(10)59-53)27-55(63)61-35(6)43-24-16-20-41-18-12-14-22-45(41)43/h11-24,28-29,34-35,58-59H,25-27H2,1-10H3,(H,60,62)(H,61,63)/b50-28-,51-29?/t34-,35-/m1/s1. The van der Waals surface area contributed by atoms with Crippen molar-refractivity contribution >= 4 is 56.9 Å². The molecule has 0 unspecified atom stereocenters. The molecule has 0 fully saturated rings. The summed E-state index contributed by atoms with van der Waals surface area (Å²) in [5.41, 5.74) is 18.8. The van der Waals surface area contributed by atoms with Gasteiger partial charge in [-0.1, -0.05) is 84.9 Å². The Morgan fingerprint density at radius 3 is 1.35 bits per heavy atom. The van der Waals surface area contributed by atoms with Gasteiger partial charge < -0.3 is 20.6 Å². The van der Waals surface area contributed by atoms with Gasteiger partial charge in [-0.05, 0) is 159 Å². The number of rotatable bonds is 12. The molecular weight excluding hydrogens is 777 g/mol. The van der Waals surface area contributed by atoms with Crippen molar-refractivity contribution in [3.05, 3.63) is 175 Å². The molecular formula is C55H58N6O2. The van der Waals surface area contributed by atoms with Crippen molar-refractivity contribution in [1.29, 1.82) is 0 Å². The number of H-pyrrole nitrogens is 2. The van der Waals surface area contributed by atoms with E-state index in [0.29, 0.717) is 12.8 Å². The van der Waals surface area contributed by atoms with Crippen LogP contribution in [-0.4, -0.2) is 33.2 Å². The van der Waals surface area contributed by atoms with E-state index in [2.05, 4.69) is 123 Å². The van der Waals surface area contributed by atoms with Crippen LogP contribution < -0.4 is 10.6 Å². The first kappa shape index (κ1) is 42.9. The van der Waals surface area contributed by atoms with E-state index in [1.54, 1.807) is 0 Å². The van der Waals surface area contributed by atoms with E-state index in [4.69, 9.17) is 9.98 Å². The smallest absolute Gasteiger partial charge is 0.224 e. The SMILES string of the molecule is CC1=NC(=Cc2[nH]c(C)c(CC(=O)N[C@H](C)c3cccc4ccccc34)c2C)C(C)=C1CC1=C(C)/C(=C/c2[nH]c(C)c(CC(=O)N[C@H](C)c3cccc4ccccc34)c2C)N=C1C. The topological polar surface area (TPSA) is 114 Å². The average Bonchev–Trinajstić information content (AvgIpc) is 3.88. The number of carbonyl (C=O) groups is 2. The van der Waals surface area contributed by atoms with Crippen LogP contribution in [0.2, 0.25) is 0 Å². The van der Waals surface area contributed by atoms with Gasteiger partial charge in [-0.25, -0.2) is 0 Å². The van der Waals surface area contributed by atoms with Crippen molar-refractivity contribution in [2.75, 3.05) is 0 Å². The Balaban J connectivity index is 0.951. The maximum absolute atomic E-state index is 13.4. The lowest BCUT2D eigenvalue weighted by Gasteiger charge is -2.17. The Hall–Kier alpha value is -6.80. The third-order valence-corrected chi connectivity index (χ3v) is 13.3. The molecule has 8 heteroatoms. The van der Waals surface area contributed by atoms with Gasteiger partial charge >= 0.3 is 0 Å². The number of hydrogen-bond donors (Lipinski definition) is 4. The molecule has 4 N–H and O–H groups in total. The van der Waals surface area contributed by atoms with Crippen LogP contribution in [0.15, 0.2) is 129 Å². The van der Waals surface area contributed by atoms with E-state index < -0.39 is 0 Å². The van der Waals surface area contributed by atoms with Crippen LogP contribution in [0.25, 0.3) is 33.7 Å². The summed E-state index contributed by atoms with van der Waals surface area (Å²) >= 11 is 0. The lowest BCUT2D eigenvalue weighted by molar-refractivity contribution is -0.121. The van der Waals surface area contributed by atoms with Crippen LogP contribution in [0.3, 0.4) is 0 Å². The van der Waals surface area contributed by atoms with Gasteiger partial charge in [0.15, 0.2) is 0 Å². The van der Waals surface area contributed by atoms with Crippen molar-refractivity contribution in [2.45, 2.75) is 101 Å². The lowest BCUT2D eigenvalue weighted by Crippen LogP contribution is -2.28. The minimum absolute atomic E-state index is 0.00816. The number of hydrogen-bond acceptors (Lipinski definition) is 4. The first-order valence-corrected chi connectivity index (χ1v) is 22.0. The zero-order chi connectivity index (χ0) is 44.7. The van der Waals surface area contributed by atoms with Gasteiger partial charge in [0.2, 0.25) is 11.8 Å². The van der Waals surface area contributed by atoms with Crippen molar-refractivity contribution in [3.63, 3.8) is 0 Å². The molecule has 0 radical (unpaired) electrons. The largest absolute Gasteiger partial charge is 0.359 e. The highest BCUT2D eigenvalue weighted by molar-refractivity contribution is 6.09. The van der Waals surface area contributed by atoms with Crippen molar-refractivity contribution in [1.82, 2.24) is 20.6 Å². The summed E-state index contributed by atoms with van der Waals surface area (Å²) < 4.78 is 0. The molecule has 4 heterocycles. The molecule has 2 amide bonds. The van der Waals surface area contributed by atoms with Crippen molar-refractivity contribution in [3.8, 4) is 0 Å². The number of aliphatic imine (C=N–C) groups is 2.